The Bertz CT molecular complexity index is 1890. The summed E-state index contributed by atoms with van der Waals surface area (Å²) in [6, 6.07) is 13.3. The first-order valence-electron chi connectivity index (χ1n) is 22.7. The van der Waals surface area contributed by atoms with E-state index < -0.39 is 11.9 Å². The van der Waals surface area contributed by atoms with Crippen LogP contribution in [0.2, 0.25) is 10.0 Å². The summed E-state index contributed by atoms with van der Waals surface area (Å²) in [4.78, 5) is 63.6. The van der Waals surface area contributed by atoms with Gasteiger partial charge in [-0.25, -0.2) is 0 Å². The highest BCUT2D eigenvalue weighted by Crippen LogP contribution is 2.43. The van der Waals surface area contributed by atoms with Gasteiger partial charge in [-0.3, -0.25) is 24.0 Å². The number of nitrogens with one attached hydrogen (secondary N) is 4. The molecule has 14 nitrogen and oxygen atoms in total. The van der Waals surface area contributed by atoms with Crippen LogP contribution in [0.4, 0.5) is 5.69 Å². The third-order valence-corrected chi connectivity index (χ3v) is 13.7. The number of benzene rings is 2. The van der Waals surface area contributed by atoms with Crippen molar-refractivity contribution in [2.45, 2.75) is 88.8 Å². The van der Waals surface area contributed by atoms with E-state index in [0.717, 1.165) is 59.4 Å². The van der Waals surface area contributed by atoms with Crippen LogP contribution in [0.1, 0.15) is 88.7 Å². The van der Waals surface area contributed by atoms with Crippen LogP contribution in [0.3, 0.4) is 0 Å². The molecule has 0 aliphatic carbocycles. The number of thioether (sulfide) groups is 1. The van der Waals surface area contributed by atoms with E-state index in [4.69, 9.17) is 37.4 Å². The maximum Gasteiger partial charge on any atom is 0.310 e. The Morgan fingerprint density at radius 3 is 2.06 bits per heavy atom. The van der Waals surface area contributed by atoms with Crippen molar-refractivity contribution >= 4 is 75.8 Å². The standard InChI is InChI=1S/C47H65Cl2N5O9S/c1-2-7-35(47(59)60)38-30-54(40-15-14-34(49)28-37(40)46(38)32-10-12-33(48)13-11-32)21-20-52-44(57)17-16-43(56)51-19-6-23-62-25-27-63-26-24-61-22-5-18-50-42(55)9-4-3-8-41-36-29-45(58)53-39(36)31-64-41/h10-15,28,35-36,39,41H,2-9,16-27,29-31H2,1H3,(H,50,55)(H,51,56)(H,52,57)(H,53,58)(H,59,60)/t35-,36+,39+,41+/m0/s1. The van der Waals surface area contributed by atoms with Gasteiger partial charge in [-0.15, -0.1) is 0 Å². The van der Waals surface area contributed by atoms with Crippen LogP contribution in [-0.4, -0.2) is 124 Å². The highest BCUT2D eigenvalue weighted by Gasteiger charge is 2.42. The number of halogens is 2. The summed E-state index contributed by atoms with van der Waals surface area (Å²) >= 11 is 14.6. The molecule has 64 heavy (non-hydrogen) atoms. The van der Waals surface area contributed by atoms with E-state index in [1.807, 2.05) is 43.0 Å². The van der Waals surface area contributed by atoms with Crippen LogP contribution >= 0.6 is 35.0 Å². The minimum Gasteiger partial charge on any atom is -0.481 e. The van der Waals surface area contributed by atoms with Crippen molar-refractivity contribution in [3.63, 3.8) is 0 Å². The maximum atomic E-state index is 12.7. The Balaban J connectivity index is 0.852. The fourth-order valence-corrected chi connectivity index (χ4v) is 10.4. The molecule has 0 saturated carbocycles. The second kappa shape index (κ2) is 27.6. The van der Waals surface area contributed by atoms with Gasteiger partial charge < -0.3 is 45.5 Å². The number of hydrogen-bond acceptors (Lipinski definition) is 10. The molecule has 3 heterocycles. The number of carboxylic acids is 1. The van der Waals surface area contributed by atoms with E-state index in [0.29, 0.717) is 132 Å². The molecule has 2 aromatic carbocycles. The van der Waals surface area contributed by atoms with Crippen molar-refractivity contribution in [2.75, 3.05) is 83.0 Å². The van der Waals surface area contributed by atoms with Gasteiger partial charge in [0.1, 0.15) is 0 Å². The molecule has 352 valence electrons. The SMILES string of the molecule is CCC[C@H](C(=O)O)C1=C(c2ccc(Cl)cc2)c2cc(Cl)ccc2N(CCNC(=O)CCC(=O)NCCCOCCOCCOCCCNC(=O)CCCC[C@H]2SC[C@H]3NC(=O)C[C@H]32)C1. The molecule has 4 amide bonds. The number of carboxylic acid groups (broad SMARTS) is 1. The average Bonchev–Trinajstić information content (AvgIpc) is 3.83. The highest BCUT2D eigenvalue weighted by atomic mass is 35.5. The molecule has 17 heteroatoms. The fraction of sp³-hybridized carbons (Fsp3) is 0.596. The van der Waals surface area contributed by atoms with Crippen LogP contribution in [0, 0.1) is 11.8 Å². The van der Waals surface area contributed by atoms with Gasteiger partial charge >= 0.3 is 5.97 Å². The first-order chi connectivity index (χ1) is 31.0. The predicted molar refractivity (Wildman–Crippen MR) is 252 cm³/mol. The zero-order valence-corrected chi connectivity index (χ0v) is 39.3. The van der Waals surface area contributed by atoms with Crippen molar-refractivity contribution in [3.05, 3.63) is 69.2 Å². The first-order valence-corrected chi connectivity index (χ1v) is 24.5. The summed E-state index contributed by atoms with van der Waals surface area (Å²) in [5.74, 6) is -0.335. The lowest BCUT2D eigenvalue weighted by Gasteiger charge is -2.37. The lowest BCUT2D eigenvalue weighted by molar-refractivity contribution is -0.140. The van der Waals surface area contributed by atoms with Gasteiger partial charge in [0.25, 0.3) is 0 Å². The lowest BCUT2D eigenvalue weighted by Crippen LogP contribution is -2.40. The Kier molecular flexibility index (Phi) is 22.0. The highest BCUT2D eigenvalue weighted by molar-refractivity contribution is 8.00. The number of carbonyl (C=O) groups is 5. The number of fused-ring (bicyclic) bond motifs is 2. The van der Waals surface area contributed by atoms with Gasteiger partial charge in [-0.05, 0) is 79.1 Å². The Hall–Kier alpha value is -3.86. The van der Waals surface area contributed by atoms with Gasteiger partial charge in [0, 0.05) is 116 Å². The van der Waals surface area contributed by atoms with Crippen LogP contribution in [-0.2, 0) is 38.2 Å². The van der Waals surface area contributed by atoms with Crippen molar-refractivity contribution in [3.8, 4) is 0 Å². The Morgan fingerprint density at radius 2 is 1.42 bits per heavy atom. The van der Waals surface area contributed by atoms with Crippen LogP contribution < -0.4 is 26.2 Å². The van der Waals surface area contributed by atoms with Gasteiger partial charge in [-0.1, -0.05) is 55.1 Å². The van der Waals surface area contributed by atoms with E-state index >= 15 is 0 Å². The first kappa shape index (κ1) is 51.1. The summed E-state index contributed by atoms with van der Waals surface area (Å²) in [5, 5.41) is 23.7. The van der Waals surface area contributed by atoms with E-state index in [1.165, 1.54) is 0 Å². The summed E-state index contributed by atoms with van der Waals surface area (Å²) in [6.45, 7) is 6.84. The van der Waals surface area contributed by atoms with Gasteiger partial charge in [0.15, 0.2) is 0 Å². The molecular formula is C47H65Cl2N5O9S. The van der Waals surface area contributed by atoms with Gasteiger partial charge in [0.2, 0.25) is 23.6 Å². The molecule has 3 aliphatic rings. The molecule has 5 rings (SSSR count). The molecule has 2 saturated heterocycles. The van der Waals surface area contributed by atoms with E-state index in [2.05, 4.69) is 26.2 Å². The van der Waals surface area contributed by atoms with Gasteiger partial charge in [-0.2, -0.15) is 11.8 Å². The number of anilines is 1. The summed E-state index contributed by atoms with van der Waals surface area (Å²) < 4.78 is 16.7. The van der Waals surface area contributed by atoms with Crippen LogP contribution in [0.15, 0.2) is 48.0 Å². The maximum absolute atomic E-state index is 12.7. The molecule has 0 aromatic heterocycles. The molecule has 2 fully saturated rings. The van der Waals surface area contributed by atoms with E-state index in [-0.39, 0.29) is 36.5 Å². The largest absolute Gasteiger partial charge is 0.481 e. The zero-order valence-electron chi connectivity index (χ0n) is 36.9. The molecular weight excluding hydrogens is 882 g/mol. The Morgan fingerprint density at radius 1 is 0.812 bits per heavy atom. The fourth-order valence-electron chi connectivity index (χ4n) is 8.44. The second-order valence-electron chi connectivity index (χ2n) is 16.4. The Labute approximate surface area is 391 Å². The molecule has 2 aromatic rings. The molecule has 0 unspecified atom stereocenters. The van der Waals surface area contributed by atoms with Crippen molar-refractivity contribution in [2.24, 2.45) is 11.8 Å². The summed E-state index contributed by atoms with van der Waals surface area (Å²) in [7, 11) is 0. The van der Waals surface area contributed by atoms with Crippen LogP contribution in [0.5, 0.6) is 0 Å². The number of aliphatic carboxylic acids is 1. The quantitative estimate of drug-likeness (QED) is 0.0558. The minimum absolute atomic E-state index is 0.0428. The second-order valence-corrected chi connectivity index (χ2v) is 18.6. The number of rotatable bonds is 30. The van der Waals surface area contributed by atoms with Crippen molar-refractivity contribution in [1.29, 1.82) is 0 Å². The van der Waals surface area contributed by atoms with Gasteiger partial charge in [0.05, 0.1) is 32.3 Å². The number of unbranched alkanes of at least 4 members (excludes halogenated alkanes) is 1. The van der Waals surface area contributed by atoms with Crippen molar-refractivity contribution < 1.29 is 43.3 Å². The topological polar surface area (TPSA) is 185 Å². The molecule has 0 radical (unpaired) electrons. The molecule has 5 N–H and O–H groups in total. The molecule has 4 atom stereocenters. The predicted octanol–water partition coefficient (Wildman–Crippen LogP) is 6.26. The minimum atomic E-state index is -0.887. The van der Waals surface area contributed by atoms with Crippen LogP contribution in [0.25, 0.3) is 5.57 Å². The number of ether oxygens (including phenoxy) is 3. The third kappa shape index (κ3) is 16.5. The average molecular weight is 947 g/mol. The molecule has 0 bridgehead atoms. The smallest absolute Gasteiger partial charge is 0.310 e. The third-order valence-electron chi connectivity index (χ3n) is 11.7. The number of hydrogen-bond donors (Lipinski definition) is 5. The monoisotopic (exact) mass is 945 g/mol. The number of amides is 4. The van der Waals surface area contributed by atoms with Crippen molar-refractivity contribution in [1.82, 2.24) is 21.3 Å². The molecule has 3 aliphatic heterocycles. The molecule has 0 spiro atoms. The summed E-state index contributed by atoms with van der Waals surface area (Å²) in [5.41, 5.74) is 4.19. The lowest BCUT2D eigenvalue weighted by atomic mass is 9.81. The zero-order chi connectivity index (χ0) is 45.7. The normalized spacial score (nSPS) is 18.3. The van der Waals surface area contributed by atoms with E-state index in [9.17, 15) is 29.1 Å². The number of nitrogens with zero attached hydrogens (tertiary/aromatic N) is 1. The number of carbonyl (C=O) groups excluding carboxylic acids is 4. The summed E-state index contributed by atoms with van der Waals surface area (Å²) in [6.07, 6.45) is 6.74. The van der Waals surface area contributed by atoms with E-state index in [1.54, 1.807) is 18.2 Å².